The lowest BCUT2D eigenvalue weighted by atomic mass is 9.46. The quantitative estimate of drug-likeness (QED) is 0.601. The first-order valence-corrected chi connectivity index (χ1v) is 10.5. The highest BCUT2D eigenvalue weighted by atomic mass is 79.9. The molecule has 0 amide bonds. The molecule has 2 saturated carbocycles. The second-order valence-electron chi connectivity index (χ2n) is 9.69. The number of alkyl halides is 1. The SMILES string of the molecule is CCC1(C)CCC2[C@@H]([C@H](Br)CC3C(C)(C)CCC[C@]23C)[C@H](O)O1. The van der Waals surface area contributed by atoms with E-state index in [4.69, 9.17) is 4.74 Å². The Morgan fingerprint density at radius 3 is 2.48 bits per heavy atom. The van der Waals surface area contributed by atoms with Gasteiger partial charge in [-0.2, -0.15) is 0 Å². The Morgan fingerprint density at radius 2 is 1.83 bits per heavy atom. The third-order valence-corrected chi connectivity index (χ3v) is 8.92. The van der Waals surface area contributed by atoms with Crippen molar-refractivity contribution in [1.29, 1.82) is 0 Å². The van der Waals surface area contributed by atoms with Gasteiger partial charge in [0.2, 0.25) is 0 Å². The zero-order valence-electron chi connectivity index (χ0n) is 15.6. The number of fused-ring (bicyclic) bond motifs is 3. The number of aliphatic hydroxyl groups excluding tert-OH is 1. The summed E-state index contributed by atoms with van der Waals surface area (Å²) in [5.41, 5.74) is 0.593. The van der Waals surface area contributed by atoms with Gasteiger partial charge in [0.25, 0.3) is 0 Å². The van der Waals surface area contributed by atoms with Crippen LogP contribution in [0.3, 0.4) is 0 Å². The van der Waals surface area contributed by atoms with Crippen LogP contribution in [0, 0.1) is 28.6 Å². The first-order valence-electron chi connectivity index (χ1n) is 9.63. The van der Waals surface area contributed by atoms with E-state index in [1.165, 1.54) is 32.1 Å². The van der Waals surface area contributed by atoms with E-state index < -0.39 is 6.29 Å². The van der Waals surface area contributed by atoms with Crippen molar-refractivity contribution in [2.24, 2.45) is 28.6 Å². The number of halogens is 1. The molecule has 1 heterocycles. The van der Waals surface area contributed by atoms with E-state index in [-0.39, 0.29) is 11.5 Å². The van der Waals surface area contributed by atoms with Crippen LogP contribution < -0.4 is 0 Å². The summed E-state index contributed by atoms with van der Waals surface area (Å²) in [5.74, 6) is 1.54. The molecule has 3 unspecified atom stereocenters. The van der Waals surface area contributed by atoms with Crippen molar-refractivity contribution < 1.29 is 9.84 Å². The number of aliphatic hydroxyl groups is 1. The molecule has 0 aromatic carbocycles. The van der Waals surface area contributed by atoms with Gasteiger partial charge in [0.1, 0.15) is 0 Å². The largest absolute Gasteiger partial charge is 0.368 e. The number of hydrogen-bond donors (Lipinski definition) is 1. The van der Waals surface area contributed by atoms with E-state index in [1.54, 1.807) is 0 Å². The van der Waals surface area contributed by atoms with Crippen LogP contribution in [0.4, 0.5) is 0 Å². The van der Waals surface area contributed by atoms with Gasteiger partial charge in [0, 0.05) is 10.7 Å². The maximum Gasteiger partial charge on any atom is 0.159 e. The molecule has 7 atom stereocenters. The van der Waals surface area contributed by atoms with Crippen molar-refractivity contribution in [1.82, 2.24) is 0 Å². The lowest BCUT2D eigenvalue weighted by Crippen LogP contribution is -2.56. The molecule has 2 aliphatic carbocycles. The normalized spacial score (nSPS) is 53.1. The summed E-state index contributed by atoms with van der Waals surface area (Å²) in [4.78, 5) is 0.372. The van der Waals surface area contributed by atoms with Gasteiger partial charge in [-0.3, -0.25) is 0 Å². The molecular formula is C20H35BrO2. The predicted octanol–water partition coefficient (Wildman–Crippen LogP) is 5.52. The maximum absolute atomic E-state index is 10.9. The molecule has 3 fully saturated rings. The number of ether oxygens (including phenoxy) is 1. The molecule has 3 heteroatoms. The molecule has 1 aliphatic heterocycles. The van der Waals surface area contributed by atoms with Gasteiger partial charge in [-0.25, -0.2) is 0 Å². The van der Waals surface area contributed by atoms with E-state index in [1.807, 2.05) is 0 Å². The molecule has 0 radical (unpaired) electrons. The molecule has 23 heavy (non-hydrogen) atoms. The smallest absolute Gasteiger partial charge is 0.159 e. The molecule has 3 aliphatic rings. The van der Waals surface area contributed by atoms with Crippen LogP contribution >= 0.6 is 15.9 Å². The van der Waals surface area contributed by atoms with Crippen molar-refractivity contribution in [2.45, 2.75) is 96.3 Å². The molecule has 0 aromatic heterocycles. The van der Waals surface area contributed by atoms with Gasteiger partial charge in [-0.15, -0.1) is 0 Å². The summed E-state index contributed by atoms with van der Waals surface area (Å²) in [5, 5.41) is 10.9. The van der Waals surface area contributed by atoms with Gasteiger partial charge < -0.3 is 9.84 Å². The summed E-state index contributed by atoms with van der Waals surface area (Å²) in [7, 11) is 0. The zero-order valence-corrected chi connectivity index (χ0v) is 17.2. The third kappa shape index (κ3) is 2.93. The maximum atomic E-state index is 10.9. The van der Waals surface area contributed by atoms with Crippen LogP contribution in [0.15, 0.2) is 0 Å². The van der Waals surface area contributed by atoms with E-state index in [9.17, 15) is 5.11 Å². The first kappa shape index (κ1) is 18.2. The van der Waals surface area contributed by atoms with Crippen LogP contribution in [0.2, 0.25) is 0 Å². The zero-order chi connectivity index (χ0) is 17.0. The first-order chi connectivity index (χ1) is 10.6. The minimum absolute atomic E-state index is 0.167. The highest BCUT2D eigenvalue weighted by molar-refractivity contribution is 9.09. The fourth-order valence-electron chi connectivity index (χ4n) is 6.32. The van der Waals surface area contributed by atoms with Crippen molar-refractivity contribution in [2.75, 3.05) is 0 Å². The van der Waals surface area contributed by atoms with Crippen LogP contribution in [-0.2, 0) is 4.74 Å². The Labute approximate surface area is 150 Å². The molecule has 0 bridgehead atoms. The number of rotatable bonds is 1. The van der Waals surface area contributed by atoms with Crippen LogP contribution in [-0.4, -0.2) is 21.8 Å². The molecule has 1 saturated heterocycles. The second kappa shape index (κ2) is 5.99. The van der Waals surface area contributed by atoms with Gasteiger partial charge >= 0.3 is 0 Å². The average molecular weight is 387 g/mol. The Morgan fingerprint density at radius 1 is 1.13 bits per heavy atom. The molecular weight excluding hydrogens is 352 g/mol. The van der Waals surface area contributed by atoms with Crippen LogP contribution in [0.25, 0.3) is 0 Å². The lowest BCUT2D eigenvalue weighted by Gasteiger charge is -2.60. The monoisotopic (exact) mass is 386 g/mol. The molecule has 0 spiro atoms. The lowest BCUT2D eigenvalue weighted by molar-refractivity contribution is -0.218. The predicted molar refractivity (Wildman–Crippen MR) is 98.6 cm³/mol. The molecule has 2 nitrogen and oxygen atoms in total. The van der Waals surface area contributed by atoms with Crippen molar-refractivity contribution in [3.05, 3.63) is 0 Å². The van der Waals surface area contributed by atoms with Crippen LogP contribution in [0.5, 0.6) is 0 Å². The van der Waals surface area contributed by atoms with Gasteiger partial charge in [-0.1, -0.05) is 50.0 Å². The Bertz CT molecular complexity index is 451. The van der Waals surface area contributed by atoms with Crippen LogP contribution in [0.1, 0.15) is 79.6 Å². The van der Waals surface area contributed by atoms with Crippen molar-refractivity contribution in [3.8, 4) is 0 Å². The topological polar surface area (TPSA) is 29.5 Å². The molecule has 0 aromatic rings. The summed E-state index contributed by atoms with van der Waals surface area (Å²) in [6.45, 7) is 11.8. The Hall–Kier alpha value is 0.400. The number of hydrogen-bond acceptors (Lipinski definition) is 2. The highest BCUT2D eigenvalue weighted by Gasteiger charge is 2.59. The van der Waals surface area contributed by atoms with E-state index in [2.05, 4.69) is 50.5 Å². The fourth-order valence-corrected chi connectivity index (χ4v) is 7.32. The Kier molecular flexibility index (Phi) is 4.74. The molecule has 3 rings (SSSR count). The van der Waals surface area contributed by atoms with E-state index in [0.717, 1.165) is 18.8 Å². The summed E-state index contributed by atoms with van der Waals surface area (Å²) >= 11 is 3.96. The summed E-state index contributed by atoms with van der Waals surface area (Å²) < 4.78 is 6.19. The standard InChI is InChI=1S/C20H35BrO2/c1-6-19(4)11-8-13-16(17(22)23-19)14(21)12-15-18(2,3)9-7-10-20(13,15)5/h13-17,22H,6-12H2,1-5H3/t13?,14-,15?,16+,17-,19?,20-/m1/s1. The van der Waals surface area contributed by atoms with Crippen molar-refractivity contribution in [3.63, 3.8) is 0 Å². The second-order valence-corrected chi connectivity index (χ2v) is 10.9. The molecule has 134 valence electrons. The summed E-state index contributed by atoms with van der Waals surface area (Å²) in [6, 6.07) is 0. The summed E-state index contributed by atoms with van der Waals surface area (Å²) in [6.07, 6.45) is 7.78. The van der Waals surface area contributed by atoms with Gasteiger partial charge in [0.05, 0.1) is 5.60 Å². The third-order valence-electron chi connectivity index (χ3n) is 7.93. The minimum Gasteiger partial charge on any atom is -0.368 e. The van der Waals surface area contributed by atoms with Crippen molar-refractivity contribution >= 4 is 15.9 Å². The van der Waals surface area contributed by atoms with E-state index in [0.29, 0.717) is 21.6 Å². The highest BCUT2D eigenvalue weighted by Crippen LogP contribution is 2.64. The average Bonchev–Trinajstić information content (AvgIpc) is 2.59. The minimum atomic E-state index is -0.625. The fraction of sp³-hybridized carbons (Fsp3) is 1.00. The van der Waals surface area contributed by atoms with E-state index >= 15 is 0 Å². The Balaban J connectivity index is 1.97. The molecule has 1 N–H and O–H groups in total. The van der Waals surface area contributed by atoms with Gasteiger partial charge in [-0.05, 0) is 68.1 Å². The van der Waals surface area contributed by atoms with Gasteiger partial charge in [0.15, 0.2) is 6.29 Å².